The molecular weight excluding hydrogens is 330 g/mol. The summed E-state index contributed by atoms with van der Waals surface area (Å²) in [5.41, 5.74) is 11.2. The Morgan fingerprint density at radius 2 is 1.92 bits per heavy atom. The zero-order valence-corrected chi connectivity index (χ0v) is 15.0. The van der Waals surface area contributed by atoms with Gasteiger partial charge in [-0.2, -0.15) is 5.10 Å². The molecule has 2 aromatic heterocycles. The molecule has 0 bridgehead atoms. The molecule has 0 aliphatic carbocycles. The first kappa shape index (κ1) is 17.6. The molecule has 2 heterocycles. The smallest absolute Gasteiger partial charge is 0.257 e. The van der Waals surface area contributed by atoms with E-state index in [-0.39, 0.29) is 6.54 Å². The predicted molar refractivity (Wildman–Crippen MR) is 98.0 cm³/mol. The van der Waals surface area contributed by atoms with E-state index < -0.39 is 11.8 Å². The van der Waals surface area contributed by atoms with Crippen LogP contribution in [-0.4, -0.2) is 33.0 Å². The van der Waals surface area contributed by atoms with E-state index >= 15 is 0 Å². The number of benzene rings is 1. The van der Waals surface area contributed by atoms with E-state index in [1.54, 1.807) is 4.52 Å². The highest BCUT2D eigenvalue weighted by molar-refractivity contribution is 6.01. The van der Waals surface area contributed by atoms with E-state index in [9.17, 15) is 9.59 Å². The molecule has 0 fully saturated rings. The highest BCUT2D eigenvalue weighted by Crippen LogP contribution is 2.21. The standard InChI is InChI=1S/C19H21N5O2/c1-11-6-4-5-7-14(11)8-15-12(2)23-18-16(9-22-24(18)13(15)3)19(26)21-10-17(20)25/h4-7,9H,8,10H2,1-3H3,(H2,20,25)(H,21,26). The Kier molecular flexibility index (Phi) is 4.71. The molecule has 0 spiro atoms. The topological polar surface area (TPSA) is 102 Å². The minimum atomic E-state index is -0.601. The number of rotatable bonds is 5. The number of nitrogens with two attached hydrogens (primary N) is 1. The van der Waals surface area contributed by atoms with E-state index in [2.05, 4.69) is 34.5 Å². The summed E-state index contributed by atoms with van der Waals surface area (Å²) in [5, 5.41) is 6.78. The maximum Gasteiger partial charge on any atom is 0.257 e. The zero-order chi connectivity index (χ0) is 18.8. The van der Waals surface area contributed by atoms with Gasteiger partial charge in [-0.05, 0) is 37.5 Å². The van der Waals surface area contributed by atoms with Crippen molar-refractivity contribution in [2.24, 2.45) is 5.73 Å². The molecule has 3 aromatic rings. The molecule has 7 nitrogen and oxygen atoms in total. The Morgan fingerprint density at radius 1 is 1.19 bits per heavy atom. The summed E-state index contributed by atoms with van der Waals surface area (Å²) in [4.78, 5) is 27.7. The minimum Gasteiger partial charge on any atom is -0.368 e. The van der Waals surface area contributed by atoms with Crippen LogP contribution in [0.1, 0.15) is 38.4 Å². The first-order valence-corrected chi connectivity index (χ1v) is 8.33. The lowest BCUT2D eigenvalue weighted by Crippen LogP contribution is -2.33. The van der Waals surface area contributed by atoms with Crippen molar-refractivity contribution in [1.29, 1.82) is 0 Å². The van der Waals surface area contributed by atoms with Crippen LogP contribution >= 0.6 is 0 Å². The van der Waals surface area contributed by atoms with Gasteiger partial charge in [0.05, 0.1) is 12.7 Å². The lowest BCUT2D eigenvalue weighted by molar-refractivity contribution is -0.117. The number of hydrogen-bond acceptors (Lipinski definition) is 4. The van der Waals surface area contributed by atoms with E-state index in [1.165, 1.54) is 17.3 Å². The molecule has 1 aromatic carbocycles. The van der Waals surface area contributed by atoms with E-state index in [1.807, 2.05) is 26.0 Å². The molecule has 0 unspecified atom stereocenters. The largest absolute Gasteiger partial charge is 0.368 e. The zero-order valence-electron chi connectivity index (χ0n) is 15.0. The Bertz CT molecular complexity index is 1010. The van der Waals surface area contributed by atoms with Crippen molar-refractivity contribution in [3.05, 3.63) is 64.1 Å². The van der Waals surface area contributed by atoms with Crippen molar-refractivity contribution in [2.45, 2.75) is 27.2 Å². The van der Waals surface area contributed by atoms with E-state index in [0.29, 0.717) is 11.2 Å². The number of nitrogens with zero attached hydrogens (tertiary/aromatic N) is 3. The molecule has 0 atom stereocenters. The Labute approximate surface area is 151 Å². The summed E-state index contributed by atoms with van der Waals surface area (Å²) in [6.45, 7) is 5.76. The van der Waals surface area contributed by atoms with Gasteiger partial charge >= 0.3 is 0 Å². The molecule has 26 heavy (non-hydrogen) atoms. The van der Waals surface area contributed by atoms with Crippen molar-refractivity contribution in [2.75, 3.05) is 6.54 Å². The third-order valence-electron chi connectivity index (χ3n) is 4.50. The number of fused-ring (bicyclic) bond motifs is 1. The lowest BCUT2D eigenvalue weighted by Gasteiger charge is -2.13. The molecule has 2 amide bonds. The minimum absolute atomic E-state index is 0.223. The van der Waals surface area contributed by atoms with E-state index in [4.69, 9.17) is 5.73 Å². The number of aryl methyl sites for hydroxylation is 3. The van der Waals surface area contributed by atoms with Crippen LogP contribution in [0.25, 0.3) is 5.65 Å². The molecule has 0 radical (unpaired) electrons. The van der Waals surface area contributed by atoms with Gasteiger partial charge in [0.2, 0.25) is 5.91 Å². The summed E-state index contributed by atoms with van der Waals surface area (Å²) in [6.07, 6.45) is 2.21. The number of nitrogens with one attached hydrogen (secondary N) is 1. The monoisotopic (exact) mass is 351 g/mol. The van der Waals surface area contributed by atoms with Crippen LogP contribution in [-0.2, 0) is 11.2 Å². The van der Waals surface area contributed by atoms with Gasteiger partial charge in [0.15, 0.2) is 5.65 Å². The summed E-state index contributed by atoms with van der Waals surface area (Å²) >= 11 is 0. The highest BCUT2D eigenvalue weighted by Gasteiger charge is 2.18. The van der Waals surface area contributed by atoms with Crippen molar-refractivity contribution in [1.82, 2.24) is 19.9 Å². The number of aromatic nitrogens is 3. The second-order valence-electron chi connectivity index (χ2n) is 6.31. The fourth-order valence-electron chi connectivity index (χ4n) is 2.99. The van der Waals surface area contributed by atoms with Crippen molar-refractivity contribution >= 4 is 17.5 Å². The van der Waals surface area contributed by atoms with Gasteiger partial charge in [0, 0.05) is 17.8 Å². The maximum atomic E-state index is 12.3. The fourth-order valence-corrected chi connectivity index (χ4v) is 2.99. The fraction of sp³-hybridized carbons (Fsp3) is 0.263. The van der Waals surface area contributed by atoms with Crippen LogP contribution < -0.4 is 11.1 Å². The molecular formula is C19H21N5O2. The average Bonchev–Trinajstić information content (AvgIpc) is 3.02. The van der Waals surface area contributed by atoms with Gasteiger partial charge in [-0.25, -0.2) is 9.50 Å². The first-order chi connectivity index (χ1) is 12.4. The van der Waals surface area contributed by atoms with Crippen LogP contribution in [0, 0.1) is 20.8 Å². The van der Waals surface area contributed by atoms with Crippen LogP contribution in [0.2, 0.25) is 0 Å². The average molecular weight is 351 g/mol. The third-order valence-corrected chi connectivity index (χ3v) is 4.50. The second kappa shape index (κ2) is 6.95. The molecule has 3 N–H and O–H groups in total. The lowest BCUT2D eigenvalue weighted by atomic mass is 9.99. The number of hydrogen-bond donors (Lipinski definition) is 2. The van der Waals surface area contributed by atoms with Crippen LogP contribution in [0.4, 0.5) is 0 Å². The summed E-state index contributed by atoms with van der Waals surface area (Å²) < 4.78 is 1.67. The molecule has 0 saturated heterocycles. The van der Waals surface area contributed by atoms with Crippen LogP contribution in [0.5, 0.6) is 0 Å². The summed E-state index contributed by atoms with van der Waals surface area (Å²) in [6, 6.07) is 8.23. The molecule has 0 aliphatic heterocycles. The van der Waals surface area contributed by atoms with E-state index in [0.717, 1.165) is 23.4 Å². The van der Waals surface area contributed by atoms with Gasteiger partial charge in [-0.3, -0.25) is 9.59 Å². The molecule has 134 valence electrons. The number of amides is 2. The van der Waals surface area contributed by atoms with Crippen molar-refractivity contribution in [3.8, 4) is 0 Å². The van der Waals surface area contributed by atoms with Crippen molar-refractivity contribution < 1.29 is 9.59 Å². The molecule has 3 rings (SSSR count). The SMILES string of the molecule is Cc1ccccc1Cc1c(C)nc2c(C(=O)NCC(N)=O)cnn2c1C. The predicted octanol–water partition coefficient (Wildman–Crippen LogP) is 1.46. The second-order valence-corrected chi connectivity index (χ2v) is 6.31. The maximum absolute atomic E-state index is 12.3. The Balaban J connectivity index is 2.00. The molecule has 7 heteroatoms. The Hall–Kier alpha value is -3.22. The summed E-state index contributed by atoms with van der Waals surface area (Å²) in [7, 11) is 0. The third kappa shape index (κ3) is 3.28. The van der Waals surface area contributed by atoms with Gasteiger partial charge in [-0.15, -0.1) is 0 Å². The normalized spacial score (nSPS) is 10.9. The number of carbonyl (C=O) groups excluding carboxylic acids is 2. The summed E-state index contributed by atoms with van der Waals surface area (Å²) in [5.74, 6) is -1.02. The van der Waals surface area contributed by atoms with Crippen LogP contribution in [0.3, 0.4) is 0 Å². The highest BCUT2D eigenvalue weighted by atomic mass is 16.2. The van der Waals surface area contributed by atoms with Gasteiger partial charge in [-0.1, -0.05) is 24.3 Å². The number of primary amides is 1. The number of carbonyl (C=O) groups is 2. The van der Waals surface area contributed by atoms with Gasteiger partial charge < -0.3 is 11.1 Å². The molecule has 0 aliphatic rings. The van der Waals surface area contributed by atoms with Gasteiger partial charge in [0.25, 0.3) is 5.91 Å². The Morgan fingerprint density at radius 3 is 2.62 bits per heavy atom. The van der Waals surface area contributed by atoms with Gasteiger partial charge in [0.1, 0.15) is 5.56 Å². The first-order valence-electron chi connectivity index (χ1n) is 8.33. The molecule has 0 saturated carbocycles. The van der Waals surface area contributed by atoms with Crippen LogP contribution in [0.15, 0.2) is 30.5 Å². The van der Waals surface area contributed by atoms with Crippen molar-refractivity contribution in [3.63, 3.8) is 0 Å². The quantitative estimate of drug-likeness (QED) is 0.726.